The topological polar surface area (TPSA) is 80.9 Å². The molecule has 1 heterocycles. The van der Waals surface area contributed by atoms with E-state index >= 15 is 0 Å². The number of aromatic nitrogens is 4. The molecule has 1 aliphatic rings. The highest BCUT2D eigenvalue weighted by Gasteiger charge is 2.31. The number of tetrazole rings is 1. The van der Waals surface area contributed by atoms with Gasteiger partial charge in [-0.05, 0) is 41.5 Å². The number of nitrogens with zero attached hydrogens (tertiary/aromatic N) is 4. The van der Waals surface area contributed by atoms with Gasteiger partial charge in [-0.25, -0.2) is 4.79 Å². The van der Waals surface area contributed by atoms with Gasteiger partial charge < -0.3 is 5.11 Å². The van der Waals surface area contributed by atoms with Gasteiger partial charge in [0.15, 0.2) is 5.82 Å². The van der Waals surface area contributed by atoms with E-state index in [-0.39, 0.29) is 5.56 Å². The Bertz CT molecular complexity index is 621. The van der Waals surface area contributed by atoms with Gasteiger partial charge in [-0.1, -0.05) is 11.6 Å². The molecule has 1 fully saturated rings. The van der Waals surface area contributed by atoms with Gasteiger partial charge in [-0.15, -0.1) is 5.10 Å². The van der Waals surface area contributed by atoms with E-state index < -0.39 is 5.97 Å². The second-order valence-electron chi connectivity index (χ2n) is 4.19. The molecule has 1 saturated carbocycles. The summed E-state index contributed by atoms with van der Waals surface area (Å²) in [5.74, 6) is -0.0145. The molecule has 0 atom stereocenters. The van der Waals surface area contributed by atoms with Gasteiger partial charge in [0.2, 0.25) is 0 Å². The van der Waals surface area contributed by atoms with Gasteiger partial charge in [-0.3, -0.25) is 0 Å². The van der Waals surface area contributed by atoms with E-state index in [1.807, 2.05) is 0 Å². The molecule has 0 saturated heterocycles. The smallest absolute Gasteiger partial charge is 0.337 e. The molecule has 7 heteroatoms. The Balaban J connectivity index is 2.17. The molecule has 0 unspecified atom stereocenters. The second-order valence-corrected chi connectivity index (χ2v) is 4.63. The van der Waals surface area contributed by atoms with Gasteiger partial charge in [0, 0.05) is 10.9 Å². The van der Waals surface area contributed by atoms with Crippen molar-refractivity contribution in [3.8, 4) is 5.69 Å². The van der Waals surface area contributed by atoms with Gasteiger partial charge in [0.05, 0.1) is 11.3 Å². The molecule has 1 aromatic heterocycles. The molecule has 0 amide bonds. The van der Waals surface area contributed by atoms with E-state index in [9.17, 15) is 9.90 Å². The Labute approximate surface area is 107 Å². The Kier molecular flexibility index (Phi) is 2.52. The minimum Gasteiger partial charge on any atom is -0.478 e. The highest BCUT2D eigenvalue weighted by atomic mass is 35.5. The average molecular weight is 265 g/mol. The van der Waals surface area contributed by atoms with Crippen molar-refractivity contribution in [2.24, 2.45) is 0 Å². The molecule has 0 aliphatic heterocycles. The van der Waals surface area contributed by atoms with Crippen molar-refractivity contribution in [3.05, 3.63) is 34.6 Å². The molecule has 1 N–H and O–H groups in total. The van der Waals surface area contributed by atoms with E-state index in [2.05, 4.69) is 15.5 Å². The first-order valence-electron chi connectivity index (χ1n) is 5.48. The third-order valence-electron chi connectivity index (χ3n) is 2.85. The number of rotatable bonds is 3. The Morgan fingerprint density at radius 1 is 1.44 bits per heavy atom. The molecular formula is C11H9ClN4O2. The van der Waals surface area contributed by atoms with Crippen LogP contribution in [-0.4, -0.2) is 31.3 Å². The molecule has 0 bridgehead atoms. The largest absolute Gasteiger partial charge is 0.478 e. The van der Waals surface area contributed by atoms with E-state index in [1.165, 1.54) is 16.8 Å². The highest BCUT2D eigenvalue weighted by Crippen LogP contribution is 2.39. The van der Waals surface area contributed by atoms with Crippen molar-refractivity contribution in [1.82, 2.24) is 20.2 Å². The van der Waals surface area contributed by atoms with Crippen molar-refractivity contribution in [3.63, 3.8) is 0 Å². The summed E-state index contributed by atoms with van der Waals surface area (Å²) in [4.78, 5) is 11.2. The number of halogens is 1. The standard InChI is InChI=1S/C11H9ClN4O2/c12-7-3-4-8(11(17)18)9(5-7)16-10(6-1-2-6)13-14-15-16/h3-6H,1-2H2,(H,17,18). The van der Waals surface area contributed by atoms with Crippen LogP contribution < -0.4 is 0 Å². The maximum Gasteiger partial charge on any atom is 0.337 e. The number of hydrogen-bond donors (Lipinski definition) is 1. The van der Waals surface area contributed by atoms with Crippen LogP contribution in [0.25, 0.3) is 5.69 Å². The minimum atomic E-state index is -1.03. The number of carboxylic acids is 1. The van der Waals surface area contributed by atoms with E-state index in [1.54, 1.807) is 6.07 Å². The van der Waals surface area contributed by atoms with E-state index in [0.717, 1.165) is 12.8 Å². The zero-order chi connectivity index (χ0) is 12.7. The highest BCUT2D eigenvalue weighted by molar-refractivity contribution is 6.30. The van der Waals surface area contributed by atoms with Crippen LogP contribution >= 0.6 is 11.6 Å². The number of hydrogen-bond acceptors (Lipinski definition) is 4. The summed E-state index contributed by atoms with van der Waals surface area (Å²) in [7, 11) is 0. The van der Waals surface area contributed by atoms with Crippen LogP contribution in [0.2, 0.25) is 5.02 Å². The predicted octanol–water partition coefficient (Wildman–Crippen LogP) is 1.89. The first-order valence-corrected chi connectivity index (χ1v) is 5.86. The lowest BCUT2D eigenvalue weighted by molar-refractivity contribution is 0.0696. The van der Waals surface area contributed by atoms with Crippen molar-refractivity contribution in [1.29, 1.82) is 0 Å². The lowest BCUT2D eigenvalue weighted by Gasteiger charge is -2.07. The van der Waals surface area contributed by atoms with Crippen molar-refractivity contribution in [2.75, 3.05) is 0 Å². The predicted molar refractivity (Wildman–Crippen MR) is 63.1 cm³/mol. The molecular weight excluding hydrogens is 256 g/mol. The van der Waals surface area contributed by atoms with Crippen LogP contribution in [0.4, 0.5) is 0 Å². The summed E-state index contributed by atoms with van der Waals surface area (Å²) < 4.78 is 1.47. The maximum atomic E-state index is 11.2. The molecule has 1 aliphatic carbocycles. The van der Waals surface area contributed by atoms with E-state index in [0.29, 0.717) is 22.5 Å². The molecule has 18 heavy (non-hydrogen) atoms. The first-order chi connectivity index (χ1) is 8.66. The summed E-state index contributed by atoms with van der Waals surface area (Å²) >= 11 is 5.91. The van der Waals surface area contributed by atoms with Crippen LogP contribution in [0.15, 0.2) is 18.2 Å². The lowest BCUT2D eigenvalue weighted by atomic mass is 10.2. The first kappa shape index (κ1) is 11.2. The second kappa shape index (κ2) is 4.06. The van der Waals surface area contributed by atoms with Crippen molar-refractivity contribution < 1.29 is 9.90 Å². The molecule has 0 spiro atoms. The zero-order valence-electron chi connectivity index (χ0n) is 9.25. The molecule has 3 rings (SSSR count). The zero-order valence-corrected chi connectivity index (χ0v) is 10.0. The number of aromatic carboxylic acids is 1. The van der Waals surface area contributed by atoms with Gasteiger partial charge in [0.25, 0.3) is 0 Å². The molecule has 0 radical (unpaired) electrons. The Morgan fingerprint density at radius 3 is 2.89 bits per heavy atom. The van der Waals surface area contributed by atoms with Crippen LogP contribution in [-0.2, 0) is 0 Å². The van der Waals surface area contributed by atoms with Crippen LogP contribution in [0.3, 0.4) is 0 Å². The summed E-state index contributed by atoms with van der Waals surface area (Å²) in [6.07, 6.45) is 2.06. The number of carboxylic acid groups (broad SMARTS) is 1. The maximum absolute atomic E-state index is 11.2. The van der Waals surface area contributed by atoms with Crippen LogP contribution in [0.1, 0.15) is 34.9 Å². The van der Waals surface area contributed by atoms with Crippen LogP contribution in [0, 0.1) is 0 Å². The van der Waals surface area contributed by atoms with Crippen molar-refractivity contribution >= 4 is 17.6 Å². The Morgan fingerprint density at radius 2 is 2.22 bits per heavy atom. The number of benzene rings is 1. The normalized spacial score (nSPS) is 14.7. The average Bonchev–Trinajstić information content (AvgIpc) is 3.06. The SMILES string of the molecule is O=C(O)c1ccc(Cl)cc1-n1nnnc1C1CC1. The minimum absolute atomic E-state index is 0.133. The molecule has 6 nitrogen and oxygen atoms in total. The van der Waals surface area contributed by atoms with Gasteiger partial charge >= 0.3 is 5.97 Å². The quantitative estimate of drug-likeness (QED) is 0.916. The summed E-state index contributed by atoms with van der Waals surface area (Å²) in [5.41, 5.74) is 0.538. The summed E-state index contributed by atoms with van der Waals surface area (Å²) in [6.45, 7) is 0. The summed E-state index contributed by atoms with van der Waals surface area (Å²) in [6, 6.07) is 4.56. The summed E-state index contributed by atoms with van der Waals surface area (Å²) in [5, 5.41) is 21.1. The fourth-order valence-corrected chi connectivity index (χ4v) is 1.99. The Hall–Kier alpha value is -1.95. The lowest BCUT2D eigenvalue weighted by Crippen LogP contribution is -2.09. The molecule has 2 aromatic rings. The van der Waals surface area contributed by atoms with Crippen molar-refractivity contribution in [2.45, 2.75) is 18.8 Å². The monoisotopic (exact) mass is 264 g/mol. The molecule has 92 valence electrons. The van der Waals surface area contributed by atoms with Gasteiger partial charge in [0.1, 0.15) is 0 Å². The fraction of sp³-hybridized carbons (Fsp3) is 0.273. The molecule has 1 aromatic carbocycles. The van der Waals surface area contributed by atoms with Crippen LogP contribution in [0.5, 0.6) is 0 Å². The third kappa shape index (κ3) is 1.84. The fourth-order valence-electron chi connectivity index (χ4n) is 1.82. The van der Waals surface area contributed by atoms with Gasteiger partial charge in [-0.2, -0.15) is 4.68 Å². The number of carbonyl (C=O) groups is 1. The third-order valence-corrected chi connectivity index (χ3v) is 3.09. The van der Waals surface area contributed by atoms with E-state index in [4.69, 9.17) is 11.6 Å².